The molecule has 0 saturated carbocycles. The standard InChI is InChI=1S/C14H27N3O/c1-14(2,3)12(15)13(18)17-9-5-8-16-7-4-6-11(16)10-17/h11-12H,4-10,15H2,1-3H3/t11?,12-/m0/s1. The SMILES string of the molecule is CC(C)(C)[C@@H](N)C(=O)N1CCCN2CCCC2C1. The second-order valence-electron chi connectivity index (χ2n) is 6.81. The predicted molar refractivity (Wildman–Crippen MR) is 73.2 cm³/mol. The van der Waals surface area contributed by atoms with Gasteiger partial charge in [-0.05, 0) is 31.2 Å². The Morgan fingerprint density at radius 1 is 1.22 bits per heavy atom. The van der Waals surface area contributed by atoms with Crippen molar-refractivity contribution in [1.82, 2.24) is 9.80 Å². The third kappa shape index (κ3) is 2.86. The number of hydrogen-bond acceptors (Lipinski definition) is 3. The van der Waals surface area contributed by atoms with Crippen molar-refractivity contribution in [1.29, 1.82) is 0 Å². The van der Waals surface area contributed by atoms with Crippen molar-refractivity contribution in [3.63, 3.8) is 0 Å². The minimum atomic E-state index is -0.384. The van der Waals surface area contributed by atoms with Crippen LogP contribution in [0.15, 0.2) is 0 Å². The van der Waals surface area contributed by atoms with Crippen molar-refractivity contribution < 1.29 is 4.79 Å². The molecule has 2 saturated heterocycles. The van der Waals surface area contributed by atoms with Gasteiger partial charge in [-0.2, -0.15) is 0 Å². The van der Waals surface area contributed by atoms with Gasteiger partial charge in [-0.25, -0.2) is 0 Å². The van der Waals surface area contributed by atoms with E-state index in [-0.39, 0.29) is 17.4 Å². The predicted octanol–water partition coefficient (Wildman–Crippen LogP) is 1.06. The van der Waals surface area contributed by atoms with Gasteiger partial charge in [-0.15, -0.1) is 0 Å². The lowest BCUT2D eigenvalue weighted by Crippen LogP contribution is -2.52. The summed E-state index contributed by atoms with van der Waals surface area (Å²) < 4.78 is 0. The van der Waals surface area contributed by atoms with Gasteiger partial charge in [-0.1, -0.05) is 20.8 Å². The van der Waals surface area contributed by atoms with Crippen LogP contribution in [0, 0.1) is 5.41 Å². The minimum Gasteiger partial charge on any atom is -0.340 e. The zero-order valence-corrected chi connectivity index (χ0v) is 12.0. The summed E-state index contributed by atoms with van der Waals surface area (Å²) >= 11 is 0. The third-order valence-corrected chi connectivity index (χ3v) is 4.31. The molecule has 104 valence electrons. The van der Waals surface area contributed by atoms with Crippen LogP contribution >= 0.6 is 0 Å². The van der Waals surface area contributed by atoms with E-state index in [1.807, 2.05) is 25.7 Å². The van der Waals surface area contributed by atoms with Crippen LogP contribution < -0.4 is 5.73 Å². The van der Waals surface area contributed by atoms with Gasteiger partial charge in [0, 0.05) is 25.7 Å². The fraction of sp³-hybridized carbons (Fsp3) is 0.929. The van der Waals surface area contributed by atoms with E-state index in [1.165, 1.54) is 19.4 Å². The van der Waals surface area contributed by atoms with Gasteiger partial charge in [0.2, 0.25) is 5.91 Å². The minimum absolute atomic E-state index is 0.135. The van der Waals surface area contributed by atoms with Gasteiger partial charge in [0.15, 0.2) is 0 Å². The fourth-order valence-corrected chi connectivity index (χ4v) is 2.97. The van der Waals surface area contributed by atoms with Gasteiger partial charge in [0.25, 0.3) is 0 Å². The molecule has 0 bridgehead atoms. The number of rotatable bonds is 1. The zero-order chi connectivity index (χ0) is 13.3. The number of amides is 1. The van der Waals surface area contributed by atoms with Gasteiger partial charge in [0.05, 0.1) is 6.04 Å². The topological polar surface area (TPSA) is 49.6 Å². The molecule has 0 aromatic heterocycles. The molecular formula is C14H27N3O. The van der Waals surface area contributed by atoms with E-state index in [0.717, 1.165) is 26.1 Å². The molecule has 1 unspecified atom stereocenters. The van der Waals surface area contributed by atoms with Crippen LogP contribution in [0.4, 0.5) is 0 Å². The lowest BCUT2D eigenvalue weighted by molar-refractivity contribution is -0.135. The quantitative estimate of drug-likeness (QED) is 0.760. The molecule has 0 aromatic rings. The Morgan fingerprint density at radius 3 is 2.56 bits per heavy atom. The average molecular weight is 253 g/mol. The number of carbonyl (C=O) groups is 1. The molecule has 4 nitrogen and oxygen atoms in total. The first-order valence-corrected chi connectivity index (χ1v) is 7.18. The molecule has 0 radical (unpaired) electrons. The summed E-state index contributed by atoms with van der Waals surface area (Å²) in [6.45, 7) is 10.2. The number of fused-ring (bicyclic) bond motifs is 1. The number of hydrogen-bond donors (Lipinski definition) is 1. The Morgan fingerprint density at radius 2 is 1.89 bits per heavy atom. The summed E-state index contributed by atoms with van der Waals surface area (Å²) in [7, 11) is 0. The highest BCUT2D eigenvalue weighted by Gasteiger charge is 2.35. The van der Waals surface area contributed by atoms with Crippen molar-refractivity contribution >= 4 is 5.91 Å². The first kappa shape index (κ1) is 13.8. The van der Waals surface area contributed by atoms with Crippen LogP contribution in [0.3, 0.4) is 0 Å². The molecule has 0 spiro atoms. The van der Waals surface area contributed by atoms with Gasteiger partial charge < -0.3 is 10.6 Å². The molecule has 1 amide bonds. The summed E-state index contributed by atoms with van der Waals surface area (Å²) in [5.41, 5.74) is 5.95. The summed E-state index contributed by atoms with van der Waals surface area (Å²) in [5, 5.41) is 0. The van der Waals surface area contributed by atoms with Crippen molar-refractivity contribution in [2.75, 3.05) is 26.2 Å². The molecule has 2 fully saturated rings. The molecule has 4 heteroatoms. The highest BCUT2D eigenvalue weighted by Crippen LogP contribution is 2.24. The lowest BCUT2D eigenvalue weighted by atomic mass is 9.86. The number of nitrogens with zero attached hydrogens (tertiary/aromatic N) is 2. The molecule has 2 aliphatic heterocycles. The monoisotopic (exact) mass is 253 g/mol. The number of nitrogens with two attached hydrogens (primary N) is 1. The van der Waals surface area contributed by atoms with Crippen LogP contribution in [-0.4, -0.2) is 54.0 Å². The van der Waals surface area contributed by atoms with Crippen LogP contribution in [0.1, 0.15) is 40.0 Å². The Bertz CT molecular complexity index is 311. The van der Waals surface area contributed by atoms with E-state index in [1.54, 1.807) is 0 Å². The molecule has 0 aromatic carbocycles. The highest BCUT2D eigenvalue weighted by atomic mass is 16.2. The summed E-state index contributed by atoms with van der Waals surface area (Å²) in [6.07, 6.45) is 3.59. The zero-order valence-electron chi connectivity index (χ0n) is 12.0. The lowest BCUT2D eigenvalue weighted by Gasteiger charge is -2.32. The molecule has 18 heavy (non-hydrogen) atoms. The van der Waals surface area contributed by atoms with E-state index < -0.39 is 0 Å². The van der Waals surface area contributed by atoms with E-state index in [0.29, 0.717) is 6.04 Å². The maximum atomic E-state index is 12.5. The first-order chi connectivity index (χ1) is 8.39. The second-order valence-corrected chi connectivity index (χ2v) is 6.81. The van der Waals surface area contributed by atoms with E-state index >= 15 is 0 Å². The van der Waals surface area contributed by atoms with Gasteiger partial charge in [-0.3, -0.25) is 9.69 Å². The summed E-state index contributed by atoms with van der Waals surface area (Å²) in [6, 6.07) is 0.189. The molecule has 2 N–H and O–H groups in total. The van der Waals surface area contributed by atoms with E-state index in [9.17, 15) is 4.79 Å². The van der Waals surface area contributed by atoms with Crippen LogP contribution in [-0.2, 0) is 4.79 Å². The van der Waals surface area contributed by atoms with Crippen LogP contribution in [0.2, 0.25) is 0 Å². The Balaban J connectivity index is 2.02. The molecular weight excluding hydrogens is 226 g/mol. The Labute approximate surface area is 110 Å². The van der Waals surface area contributed by atoms with E-state index in [2.05, 4.69) is 4.90 Å². The van der Waals surface area contributed by atoms with Gasteiger partial charge >= 0.3 is 0 Å². The third-order valence-electron chi connectivity index (χ3n) is 4.31. The molecule has 2 aliphatic rings. The largest absolute Gasteiger partial charge is 0.340 e. The average Bonchev–Trinajstić information content (AvgIpc) is 2.63. The smallest absolute Gasteiger partial charge is 0.240 e. The van der Waals surface area contributed by atoms with Crippen molar-refractivity contribution in [2.24, 2.45) is 11.1 Å². The molecule has 2 rings (SSSR count). The first-order valence-electron chi connectivity index (χ1n) is 7.18. The maximum absolute atomic E-state index is 12.5. The normalized spacial score (nSPS) is 27.8. The Kier molecular flexibility index (Phi) is 3.97. The van der Waals surface area contributed by atoms with Crippen molar-refractivity contribution in [3.05, 3.63) is 0 Å². The fourth-order valence-electron chi connectivity index (χ4n) is 2.97. The molecule has 0 aliphatic carbocycles. The highest BCUT2D eigenvalue weighted by molar-refractivity contribution is 5.82. The second kappa shape index (κ2) is 5.17. The van der Waals surface area contributed by atoms with Crippen LogP contribution in [0.5, 0.6) is 0 Å². The Hall–Kier alpha value is -0.610. The van der Waals surface area contributed by atoms with E-state index in [4.69, 9.17) is 5.73 Å². The van der Waals surface area contributed by atoms with Crippen LogP contribution in [0.25, 0.3) is 0 Å². The van der Waals surface area contributed by atoms with Crippen molar-refractivity contribution in [2.45, 2.75) is 52.1 Å². The van der Waals surface area contributed by atoms with Crippen molar-refractivity contribution in [3.8, 4) is 0 Å². The summed E-state index contributed by atoms with van der Waals surface area (Å²) in [5.74, 6) is 0.135. The number of carbonyl (C=O) groups excluding carboxylic acids is 1. The maximum Gasteiger partial charge on any atom is 0.240 e. The summed E-state index contributed by atoms with van der Waals surface area (Å²) in [4.78, 5) is 17.0. The molecule has 2 atom stereocenters. The molecule has 2 heterocycles. The van der Waals surface area contributed by atoms with Gasteiger partial charge in [0.1, 0.15) is 0 Å².